The Morgan fingerprint density at radius 1 is 0.786 bits per heavy atom. The molecule has 0 bridgehead atoms. The van der Waals surface area contributed by atoms with E-state index in [4.69, 9.17) is 10.0 Å². The van der Waals surface area contributed by atoms with Gasteiger partial charge >= 0.3 is 15.0 Å². The topological polar surface area (TPSA) is 40.5 Å². The van der Waals surface area contributed by atoms with Crippen LogP contribution in [0.15, 0.2) is 36.4 Å². The third kappa shape index (κ3) is 1.43. The summed E-state index contributed by atoms with van der Waals surface area (Å²) in [6, 6.07) is 11.2. The Morgan fingerprint density at radius 2 is 1.29 bits per heavy atom. The van der Waals surface area contributed by atoms with Crippen molar-refractivity contribution >= 4 is 36.7 Å². The van der Waals surface area contributed by atoms with Crippen molar-refractivity contribution in [2.24, 2.45) is 0 Å². The first kappa shape index (κ1) is 9.31. The maximum Gasteiger partial charge on any atom is 0.327 e. The monoisotopic (exact) mass is 182 g/mol. The molecule has 4 heteroatoms. The van der Waals surface area contributed by atoms with Gasteiger partial charge in [0, 0.05) is 0 Å². The molecule has 2 aromatic carbocycles. The Kier molecular flexibility index (Phi) is 2.57. The second-order valence-electron chi connectivity index (χ2n) is 3.05. The molecule has 2 radical (unpaired) electrons. The van der Waals surface area contributed by atoms with Crippen LogP contribution in [0.5, 0.6) is 0 Å². The summed E-state index contributed by atoms with van der Waals surface area (Å²) in [4.78, 5) is 0. The van der Waals surface area contributed by atoms with Crippen molar-refractivity contribution in [3.8, 4) is 0 Å². The molecule has 0 spiro atoms. The maximum absolute atomic E-state index is 9.04. The van der Waals surface area contributed by atoms with Gasteiger partial charge in [-0.15, -0.1) is 0 Å². The van der Waals surface area contributed by atoms with Crippen LogP contribution >= 0.6 is 0 Å². The normalized spacial score (nSPS) is 10.1. The van der Waals surface area contributed by atoms with E-state index in [-0.39, 0.29) is 0 Å². The first-order chi connectivity index (χ1) is 6.86. The summed E-state index contributed by atoms with van der Waals surface area (Å²) in [5.41, 5.74) is 1.42. The average molecular weight is 182 g/mol. The van der Waals surface area contributed by atoms with Gasteiger partial charge < -0.3 is 10.0 Å². The Labute approximate surface area is 83.7 Å². The summed E-state index contributed by atoms with van der Waals surface area (Å²) in [5, 5.41) is 19.9. The van der Waals surface area contributed by atoms with Crippen LogP contribution in [0.4, 0.5) is 0 Å². The molecule has 2 nitrogen and oxygen atoms in total. The zero-order valence-corrected chi connectivity index (χ0v) is 7.51. The molecule has 0 saturated heterocycles. The molecule has 0 amide bonds. The quantitative estimate of drug-likeness (QED) is 0.603. The Bertz CT molecular complexity index is 418. The molecule has 66 valence electrons. The number of hydrogen-bond acceptors (Lipinski definition) is 2. The molecule has 2 aromatic rings. The summed E-state index contributed by atoms with van der Waals surface area (Å²) < 4.78 is 0. The molecule has 0 heterocycles. The minimum absolute atomic E-state index is 0.711. The molecule has 0 fully saturated rings. The highest BCUT2D eigenvalue weighted by atomic mass is 16.2. The highest BCUT2D eigenvalue weighted by Gasteiger charge is 2.06. The van der Waals surface area contributed by atoms with Crippen molar-refractivity contribution in [3.05, 3.63) is 36.4 Å². The Hall–Kier alpha value is -1.25. The van der Waals surface area contributed by atoms with E-state index in [0.717, 1.165) is 25.7 Å². The minimum Gasteiger partial charge on any atom is -0.450 e. The predicted molar refractivity (Wildman–Crippen MR) is 59.2 cm³/mol. The van der Waals surface area contributed by atoms with E-state index >= 15 is 0 Å². The van der Waals surface area contributed by atoms with Crippen LogP contribution in [0.2, 0.25) is 0 Å². The third-order valence-electron chi connectivity index (χ3n) is 2.25. The molecular weight excluding hydrogens is 174 g/mol. The minimum atomic E-state index is 0.711. The second kappa shape index (κ2) is 3.86. The van der Waals surface area contributed by atoms with Gasteiger partial charge in [0.1, 0.15) is 0 Å². The van der Waals surface area contributed by atoms with Crippen molar-refractivity contribution in [2.45, 2.75) is 0 Å². The molecule has 0 aromatic heterocycles. The van der Waals surface area contributed by atoms with Crippen molar-refractivity contribution in [2.75, 3.05) is 0 Å². The number of fused-ring (bicyclic) bond motifs is 1. The molecule has 0 aliphatic carbocycles. The van der Waals surface area contributed by atoms with Crippen LogP contribution in [-0.2, 0) is 0 Å². The van der Waals surface area contributed by atoms with Gasteiger partial charge in [0.25, 0.3) is 0 Å². The van der Waals surface area contributed by atoms with Gasteiger partial charge in [0.05, 0.1) is 0 Å². The van der Waals surface area contributed by atoms with E-state index in [2.05, 4.69) is 0 Å². The molecule has 0 aliphatic heterocycles. The number of benzene rings is 2. The lowest BCUT2D eigenvalue weighted by Gasteiger charge is -2.06. The van der Waals surface area contributed by atoms with Crippen LogP contribution in [0.25, 0.3) is 10.8 Å². The summed E-state index contributed by atoms with van der Waals surface area (Å²) >= 11 is 0. The fourth-order valence-electron chi connectivity index (χ4n) is 1.61. The molecule has 0 unspecified atom stereocenters. The van der Waals surface area contributed by atoms with E-state index < -0.39 is 0 Å². The fraction of sp³-hybridized carbons (Fsp3) is 0. The highest BCUT2D eigenvalue weighted by molar-refractivity contribution is 6.57. The van der Waals surface area contributed by atoms with E-state index in [9.17, 15) is 0 Å². The second-order valence-corrected chi connectivity index (χ2v) is 3.05. The van der Waals surface area contributed by atoms with Crippen LogP contribution in [-0.4, -0.2) is 25.0 Å². The van der Waals surface area contributed by atoms with Crippen LogP contribution < -0.4 is 10.9 Å². The van der Waals surface area contributed by atoms with Crippen LogP contribution in [0, 0.1) is 0 Å². The number of rotatable bonds is 2. The van der Waals surface area contributed by atoms with Gasteiger partial charge in [0.15, 0.2) is 0 Å². The summed E-state index contributed by atoms with van der Waals surface area (Å²) in [7, 11) is 2.10. The van der Waals surface area contributed by atoms with Gasteiger partial charge in [-0.25, -0.2) is 0 Å². The maximum atomic E-state index is 9.04. The van der Waals surface area contributed by atoms with Crippen molar-refractivity contribution in [1.82, 2.24) is 0 Å². The van der Waals surface area contributed by atoms with Gasteiger partial charge in [-0.3, -0.25) is 0 Å². The first-order valence-electron chi connectivity index (χ1n) is 4.33. The first-order valence-corrected chi connectivity index (χ1v) is 4.33. The van der Waals surface area contributed by atoms with Gasteiger partial charge in [0.2, 0.25) is 0 Å². The molecule has 2 rings (SSSR count). The SMILES string of the molecule is O[B]c1cccc2cccc([B]O)c12. The molecule has 0 aliphatic rings. The van der Waals surface area contributed by atoms with E-state index in [1.807, 2.05) is 24.3 Å². The Balaban J connectivity index is 2.81. The van der Waals surface area contributed by atoms with E-state index in [1.165, 1.54) is 0 Å². The largest absolute Gasteiger partial charge is 0.450 e. The summed E-state index contributed by atoms with van der Waals surface area (Å²) in [6.07, 6.45) is 0. The lowest BCUT2D eigenvalue weighted by atomic mass is 9.76. The summed E-state index contributed by atoms with van der Waals surface area (Å²) in [6.45, 7) is 0. The van der Waals surface area contributed by atoms with Crippen molar-refractivity contribution < 1.29 is 10.0 Å². The Morgan fingerprint density at radius 3 is 1.71 bits per heavy atom. The standard InChI is InChI=1S/C10H8B2O2/c13-11-8-5-1-3-7-4-2-6-9(12-14)10(7)8/h1-6,13-14H. The third-order valence-corrected chi connectivity index (χ3v) is 2.25. The lowest BCUT2D eigenvalue weighted by molar-refractivity contribution is 0.615. The average Bonchev–Trinajstić information content (AvgIpc) is 2.27. The van der Waals surface area contributed by atoms with Gasteiger partial charge in [-0.1, -0.05) is 36.4 Å². The number of hydrogen-bond donors (Lipinski definition) is 2. The zero-order valence-electron chi connectivity index (χ0n) is 7.51. The fourth-order valence-corrected chi connectivity index (χ4v) is 1.61. The van der Waals surface area contributed by atoms with Gasteiger partial charge in [-0.2, -0.15) is 0 Å². The smallest absolute Gasteiger partial charge is 0.327 e. The van der Waals surface area contributed by atoms with Gasteiger partial charge in [-0.05, 0) is 21.7 Å². The highest BCUT2D eigenvalue weighted by Crippen LogP contribution is 2.08. The molecule has 14 heavy (non-hydrogen) atoms. The van der Waals surface area contributed by atoms with Crippen LogP contribution in [0.3, 0.4) is 0 Å². The molecule has 0 saturated carbocycles. The molecule has 2 N–H and O–H groups in total. The zero-order chi connectivity index (χ0) is 9.97. The molecular formula is C10H8B2O2. The van der Waals surface area contributed by atoms with Crippen molar-refractivity contribution in [3.63, 3.8) is 0 Å². The lowest BCUT2D eigenvalue weighted by Crippen LogP contribution is -2.24. The predicted octanol–water partition coefficient (Wildman–Crippen LogP) is -0.687. The summed E-state index contributed by atoms with van der Waals surface area (Å²) in [5.74, 6) is 0. The van der Waals surface area contributed by atoms with E-state index in [1.54, 1.807) is 12.1 Å². The van der Waals surface area contributed by atoms with E-state index in [0.29, 0.717) is 10.9 Å². The van der Waals surface area contributed by atoms with Crippen LogP contribution in [0.1, 0.15) is 0 Å². The van der Waals surface area contributed by atoms with Crippen molar-refractivity contribution in [1.29, 1.82) is 0 Å². The molecule has 0 atom stereocenters.